The van der Waals surface area contributed by atoms with Crippen LogP contribution in [0.15, 0.2) is 54.7 Å². The number of halogens is 1. The molecule has 0 aliphatic rings. The molecule has 0 spiro atoms. The maximum absolute atomic E-state index is 12.5. The highest BCUT2D eigenvalue weighted by Gasteiger charge is 2.15. The number of carbonyl (C=O) groups is 1. The Kier molecular flexibility index (Phi) is 3.91. The van der Waals surface area contributed by atoms with Crippen LogP contribution in [0.2, 0.25) is 5.02 Å². The van der Waals surface area contributed by atoms with Crippen LogP contribution in [0, 0.1) is 10.1 Å². The van der Waals surface area contributed by atoms with Crippen LogP contribution >= 0.6 is 11.6 Å². The lowest BCUT2D eigenvalue weighted by atomic mass is 10.1. The molecule has 0 radical (unpaired) electrons. The number of anilines is 1. The maximum Gasteiger partial charge on any atom is 0.289 e. The van der Waals surface area contributed by atoms with Gasteiger partial charge in [0.15, 0.2) is 0 Å². The molecule has 3 aromatic rings. The van der Waals surface area contributed by atoms with Crippen molar-refractivity contribution in [2.75, 3.05) is 5.32 Å². The van der Waals surface area contributed by atoms with Crippen molar-refractivity contribution in [2.24, 2.45) is 0 Å². The zero-order chi connectivity index (χ0) is 16.4. The summed E-state index contributed by atoms with van der Waals surface area (Å²) in [5.74, 6) is -0.375. The van der Waals surface area contributed by atoms with Crippen molar-refractivity contribution in [3.63, 3.8) is 0 Å². The van der Waals surface area contributed by atoms with Crippen LogP contribution in [0.4, 0.5) is 11.4 Å². The number of nitro benzene ring substituents is 1. The molecule has 1 N–H and O–H groups in total. The number of pyridine rings is 1. The summed E-state index contributed by atoms with van der Waals surface area (Å²) >= 11 is 5.76. The second-order valence-electron chi connectivity index (χ2n) is 4.75. The molecule has 0 bridgehead atoms. The van der Waals surface area contributed by atoms with Gasteiger partial charge in [0.1, 0.15) is 5.02 Å². The van der Waals surface area contributed by atoms with Gasteiger partial charge in [-0.1, -0.05) is 29.8 Å². The second kappa shape index (κ2) is 6.02. The third-order valence-corrected chi connectivity index (χ3v) is 3.61. The number of nitro groups is 1. The number of para-hydroxylation sites is 1. The number of benzene rings is 2. The highest BCUT2D eigenvalue weighted by molar-refractivity contribution is 6.32. The van der Waals surface area contributed by atoms with Crippen molar-refractivity contribution in [1.29, 1.82) is 0 Å². The molecule has 23 heavy (non-hydrogen) atoms. The van der Waals surface area contributed by atoms with Crippen LogP contribution in [-0.2, 0) is 0 Å². The SMILES string of the molecule is O=C(Nc1ccc(Cl)c([N+](=O)[O-])c1)c1ccnc2ccccc12. The number of rotatable bonds is 3. The molecule has 0 fully saturated rings. The van der Waals surface area contributed by atoms with E-state index in [1.807, 2.05) is 12.1 Å². The first-order valence-electron chi connectivity index (χ1n) is 6.65. The van der Waals surface area contributed by atoms with Crippen LogP contribution < -0.4 is 5.32 Å². The van der Waals surface area contributed by atoms with Crippen molar-refractivity contribution >= 4 is 39.8 Å². The Balaban J connectivity index is 1.95. The minimum atomic E-state index is -0.597. The fraction of sp³-hybridized carbons (Fsp3) is 0. The van der Waals surface area contributed by atoms with E-state index in [1.54, 1.807) is 24.4 Å². The van der Waals surface area contributed by atoms with Crippen LogP contribution in [0.1, 0.15) is 10.4 Å². The topological polar surface area (TPSA) is 85.1 Å². The average Bonchev–Trinajstić information content (AvgIpc) is 2.55. The molecule has 6 nitrogen and oxygen atoms in total. The van der Waals surface area contributed by atoms with Gasteiger partial charge in [-0.3, -0.25) is 19.9 Å². The lowest BCUT2D eigenvalue weighted by Gasteiger charge is -2.08. The summed E-state index contributed by atoms with van der Waals surface area (Å²) in [5, 5.41) is 14.3. The maximum atomic E-state index is 12.5. The average molecular weight is 328 g/mol. The standard InChI is InChI=1S/C16H10ClN3O3/c17-13-6-5-10(9-15(13)20(22)23)19-16(21)12-7-8-18-14-4-2-1-3-11(12)14/h1-9H,(H,19,21). The zero-order valence-corrected chi connectivity index (χ0v) is 12.4. The molecule has 0 aliphatic heterocycles. The van der Waals surface area contributed by atoms with Gasteiger partial charge in [-0.15, -0.1) is 0 Å². The predicted molar refractivity (Wildman–Crippen MR) is 87.8 cm³/mol. The quantitative estimate of drug-likeness (QED) is 0.581. The van der Waals surface area contributed by atoms with Crippen LogP contribution in [0.5, 0.6) is 0 Å². The molecule has 114 valence electrons. The first kappa shape index (κ1) is 14.9. The van der Waals surface area contributed by atoms with Gasteiger partial charge in [-0.25, -0.2) is 0 Å². The minimum Gasteiger partial charge on any atom is -0.322 e. The predicted octanol–water partition coefficient (Wildman–Crippen LogP) is 4.05. The summed E-state index contributed by atoms with van der Waals surface area (Å²) in [7, 11) is 0. The van der Waals surface area contributed by atoms with Gasteiger partial charge in [-0.05, 0) is 24.3 Å². The summed E-state index contributed by atoms with van der Waals surface area (Å²) in [6.45, 7) is 0. The molecular weight excluding hydrogens is 318 g/mol. The van der Waals surface area contributed by atoms with Gasteiger partial charge in [-0.2, -0.15) is 0 Å². The highest BCUT2D eigenvalue weighted by Crippen LogP contribution is 2.28. The molecule has 1 amide bonds. The lowest BCUT2D eigenvalue weighted by molar-refractivity contribution is -0.384. The number of fused-ring (bicyclic) bond motifs is 1. The van der Waals surface area contributed by atoms with E-state index in [0.29, 0.717) is 22.2 Å². The first-order chi connectivity index (χ1) is 11.1. The highest BCUT2D eigenvalue weighted by atomic mass is 35.5. The molecule has 7 heteroatoms. The Labute approximate surface area is 135 Å². The third-order valence-electron chi connectivity index (χ3n) is 3.29. The van der Waals surface area contributed by atoms with Crippen molar-refractivity contribution in [3.8, 4) is 0 Å². The fourth-order valence-corrected chi connectivity index (χ4v) is 2.41. The van der Waals surface area contributed by atoms with E-state index in [2.05, 4.69) is 10.3 Å². The summed E-state index contributed by atoms with van der Waals surface area (Å²) in [6.07, 6.45) is 1.54. The number of nitrogens with one attached hydrogen (secondary N) is 1. The molecule has 3 rings (SSSR count). The number of nitrogens with zero attached hydrogens (tertiary/aromatic N) is 2. The molecule has 1 heterocycles. The number of aromatic nitrogens is 1. The van der Waals surface area contributed by atoms with Gasteiger partial charge in [0.25, 0.3) is 11.6 Å². The van der Waals surface area contributed by atoms with Crippen molar-refractivity contribution in [2.45, 2.75) is 0 Å². The Morgan fingerprint density at radius 3 is 2.74 bits per heavy atom. The molecule has 0 atom stereocenters. The lowest BCUT2D eigenvalue weighted by Crippen LogP contribution is -2.12. The third kappa shape index (κ3) is 2.97. The monoisotopic (exact) mass is 327 g/mol. The Morgan fingerprint density at radius 1 is 1.17 bits per heavy atom. The van der Waals surface area contributed by atoms with E-state index in [4.69, 9.17) is 11.6 Å². The van der Waals surface area contributed by atoms with Gasteiger partial charge >= 0.3 is 0 Å². The fourth-order valence-electron chi connectivity index (χ4n) is 2.22. The molecule has 0 aliphatic carbocycles. The van der Waals surface area contributed by atoms with E-state index in [9.17, 15) is 14.9 Å². The van der Waals surface area contributed by atoms with E-state index < -0.39 is 4.92 Å². The van der Waals surface area contributed by atoms with Crippen LogP contribution in [-0.4, -0.2) is 15.8 Å². The Bertz CT molecular complexity index is 922. The molecule has 0 saturated heterocycles. The number of carbonyl (C=O) groups excluding carboxylic acids is 1. The van der Waals surface area contributed by atoms with Gasteiger partial charge < -0.3 is 5.32 Å². The van der Waals surface area contributed by atoms with Crippen molar-refractivity contribution in [3.05, 3.63) is 75.4 Å². The molecule has 0 saturated carbocycles. The van der Waals surface area contributed by atoms with Crippen LogP contribution in [0.3, 0.4) is 0 Å². The first-order valence-corrected chi connectivity index (χ1v) is 7.03. The van der Waals surface area contributed by atoms with Crippen molar-refractivity contribution in [1.82, 2.24) is 4.98 Å². The van der Waals surface area contributed by atoms with E-state index in [-0.39, 0.29) is 16.6 Å². The van der Waals surface area contributed by atoms with E-state index in [1.165, 1.54) is 18.2 Å². The normalized spacial score (nSPS) is 10.5. The second-order valence-corrected chi connectivity index (χ2v) is 5.16. The molecule has 1 aromatic heterocycles. The van der Waals surface area contributed by atoms with Gasteiger partial charge in [0.2, 0.25) is 0 Å². The number of amides is 1. The van der Waals surface area contributed by atoms with Gasteiger partial charge in [0, 0.05) is 23.3 Å². The van der Waals surface area contributed by atoms with E-state index in [0.717, 1.165) is 0 Å². The van der Waals surface area contributed by atoms with Gasteiger partial charge in [0.05, 0.1) is 16.0 Å². The summed E-state index contributed by atoms with van der Waals surface area (Å²) < 4.78 is 0. The zero-order valence-electron chi connectivity index (χ0n) is 11.7. The smallest absolute Gasteiger partial charge is 0.289 e. The summed E-state index contributed by atoms with van der Waals surface area (Å²) in [4.78, 5) is 27.0. The molecular formula is C16H10ClN3O3. The number of hydrogen-bond donors (Lipinski definition) is 1. The minimum absolute atomic E-state index is 0.0161. The van der Waals surface area contributed by atoms with E-state index >= 15 is 0 Å². The Morgan fingerprint density at radius 2 is 1.96 bits per heavy atom. The van der Waals surface area contributed by atoms with Crippen LogP contribution in [0.25, 0.3) is 10.9 Å². The summed E-state index contributed by atoms with van der Waals surface area (Å²) in [5.41, 5.74) is 1.17. The summed E-state index contributed by atoms with van der Waals surface area (Å²) in [6, 6.07) is 13.0. The molecule has 0 unspecified atom stereocenters. The van der Waals surface area contributed by atoms with Crippen molar-refractivity contribution < 1.29 is 9.72 Å². The number of hydrogen-bond acceptors (Lipinski definition) is 4. The Hall–Kier alpha value is -2.99. The molecule has 2 aromatic carbocycles. The largest absolute Gasteiger partial charge is 0.322 e.